The number of allylic oxidation sites excluding steroid dienone is 1. The van der Waals surface area contributed by atoms with Crippen LogP contribution in [0.4, 0.5) is 0 Å². The summed E-state index contributed by atoms with van der Waals surface area (Å²) < 4.78 is 18.5. The van der Waals surface area contributed by atoms with Crippen LogP contribution in [0, 0.1) is 34.5 Å². The normalized spacial score (nSPS) is 46.6. The van der Waals surface area contributed by atoms with Crippen LogP contribution in [0.25, 0.3) is 0 Å². The Labute approximate surface area is 220 Å². The van der Waals surface area contributed by atoms with Gasteiger partial charge in [0.2, 0.25) is 0 Å². The number of aliphatic hydroxyl groups is 2. The second-order valence-corrected chi connectivity index (χ2v) is 19.7. The van der Waals surface area contributed by atoms with Crippen molar-refractivity contribution in [1.29, 1.82) is 0 Å². The van der Waals surface area contributed by atoms with Crippen LogP contribution in [-0.2, 0) is 13.9 Å². The quantitative estimate of drug-likeness (QED) is 0.349. The Morgan fingerprint density at radius 3 is 2.39 bits per heavy atom. The number of fused-ring (bicyclic) bond motifs is 5. The third-order valence-corrected chi connectivity index (χ3v) is 16.9. The molecule has 0 aromatic carbocycles. The summed E-state index contributed by atoms with van der Waals surface area (Å²) in [6.45, 7) is 19.7. The molecule has 0 amide bonds. The summed E-state index contributed by atoms with van der Waals surface area (Å²) in [6.07, 6.45) is 8.97. The molecular formula is C30H52O5Si. The van der Waals surface area contributed by atoms with Crippen LogP contribution in [-0.4, -0.2) is 55.8 Å². The minimum atomic E-state index is -1.78. The van der Waals surface area contributed by atoms with Gasteiger partial charge in [0, 0.05) is 17.4 Å². The Morgan fingerprint density at radius 1 is 1.08 bits per heavy atom. The summed E-state index contributed by atoms with van der Waals surface area (Å²) in [5.41, 5.74) is 0.327. The molecule has 36 heavy (non-hydrogen) atoms. The molecular weight excluding hydrogens is 468 g/mol. The lowest BCUT2D eigenvalue weighted by atomic mass is 9.46. The van der Waals surface area contributed by atoms with E-state index < -0.39 is 26.3 Å². The van der Waals surface area contributed by atoms with E-state index in [0.29, 0.717) is 43.5 Å². The first-order chi connectivity index (χ1) is 16.6. The minimum Gasteiger partial charge on any atom is -0.414 e. The second kappa shape index (κ2) is 8.89. The predicted molar refractivity (Wildman–Crippen MR) is 145 cm³/mol. The topological polar surface area (TPSA) is 68.2 Å². The van der Waals surface area contributed by atoms with Crippen LogP contribution in [0.3, 0.4) is 0 Å². The van der Waals surface area contributed by atoms with Crippen molar-refractivity contribution in [2.24, 2.45) is 34.5 Å². The third-order valence-electron chi connectivity index (χ3n) is 12.4. The van der Waals surface area contributed by atoms with Gasteiger partial charge in [-0.1, -0.05) is 53.2 Å². The number of ether oxygens (including phenoxy) is 2. The highest BCUT2D eigenvalue weighted by Crippen LogP contribution is 2.68. The molecule has 6 heteroatoms. The molecule has 3 saturated carbocycles. The van der Waals surface area contributed by atoms with E-state index in [1.807, 2.05) is 6.92 Å². The number of hydrogen-bond donors (Lipinski definition) is 2. The average molecular weight is 521 g/mol. The molecule has 0 unspecified atom stereocenters. The lowest BCUT2D eigenvalue weighted by molar-refractivity contribution is -0.227. The number of aliphatic hydroxyl groups excluding tert-OH is 1. The summed E-state index contributed by atoms with van der Waals surface area (Å²) >= 11 is 0. The van der Waals surface area contributed by atoms with E-state index >= 15 is 0 Å². The zero-order valence-corrected chi connectivity index (χ0v) is 25.1. The average Bonchev–Trinajstić information content (AvgIpc) is 3.39. The molecule has 5 aliphatic rings. The van der Waals surface area contributed by atoms with Crippen molar-refractivity contribution < 1.29 is 24.1 Å². The van der Waals surface area contributed by atoms with Crippen molar-refractivity contribution in [3.05, 3.63) is 11.6 Å². The molecule has 0 radical (unpaired) electrons. The fraction of sp³-hybridized carbons (Fsp3) is 0.933. The zero-order chi connectivity index (χ0) is 26.3. The van der Waals surface area contributed by atoms with Crippen LogP contribution >= 0.6 is 0 Å². The van der Waals surface area contributed by atoms with Gasteiger partial charge in [0.25, 0.3) is 0 Å². The van der Waals surface area contributed by atoms with E-state index in [2.05, 4.69) is 53.8 Å². The smallest absolute Gasteiger partial charge is 0.192 e. The van der Waals surface area contributed by atoms with E-state index in [-0.39, 0.29) is 21.8 Å². The Balaban J connectivity index is 1.37. The maximum absolute atomic E-state index is 12.2. The SMILES string of the molecule is C[C@H](C1OCCO1)[C@@]1(O)[C@H](O)C[C@H]2[C@@H]3CC=C4C[C@@H](O[Si](C)(C)C(C)(C)C)CC[C@]4(C)[C@H]3CC[C@@]21C. The van der Waals surface area contributed by atoms with Gasteiger partial charge < -0.3 is 24.1 Å². The molecule has 1 heterocycles. The molecule has 5 rings (SSSR count). The summed E-state index contributed by atoms with van der Waals surface area (Å²) in [6, 6.07) is 0. The molecule has 4 fully saturated rings. The van der Waals surface area contributed by atoms with Crippen molar-refractivity contribution in [3.63, 3.8) is 0 Å². The molecule has 1 saturated heterocycles. The van der Waals surface area contributed by atoms with Crippen molar-refractivity contribution in [3.8, 4) is 0 Å². The van der Waals surface area contributed by atoms with Crippen molar-refractivity contribution in [1.82, 2.24) is 0 Å². The van der Waals surface area contributed by atoms with Crippen LogP contribution in [0.1, 0.15) is 86.5 Å². The second-order valence-electron chi connectivity index (χ2n) is 14.9. The van der Waals surface area contributed by atoms with E-state index in [9.17, 15) is 10.2 Å². The predicted octanol–water partition coefficient (Wildman–Crippen LogP) is 6.05. The standard InChI is InChI=1S/C30H52O5Si/c1-19(26-33-15-16-34-26)30(32)25(31)18-24-22-10-9-20-17-21(35-36(7,8)27(2,3)4)11-13-28(20,5)23(22)12-14-29(24,30)6/h9,19,21-26,31-32H,10-18H2,1-8H3/t19-,21+,22-,23+,24+,25-,28+,29+,30-/m1/s1. The number of hydrogen-bond acceptors (Lipinski definition) is 5. The highest BCUT2D eigenvalue weighted by Gasteiger charge is 2.69. The van der Waals surface area contributed by atoms with E-state index in [0.717, 1.165) is 32.1 Å². The van der Waals surface area contributed by atoms with Gasteiger partial charge in [-0.25, -0.2) is 0 Å². The summed E-state index contributed by atoms with van der Waals surface area (Å²) in [5.74, 6) is 1.19. The molecule has 0 aromatic rings. The third kappa shape index (κ3) is 3.87. The Kier molecular flexibility index (Phi) is 6.75. The van der Waals surface area contributed by atoms with E-state index in [1.54, 1.807) is 5.57 Å². The lowest BCUT2D eigenvalue weighted by Gasteiger charge is -2.60. The molecule has 9 atom stereocenters. The molecule has 206 valence electrons. The van der Waals surface area contributed by atoms with Gasteiger partial charge in [-0.2, -0.15) is 0 Å². The Bertz CT molecular complexity index is 875. The van der Waals surface area contributed by atoms with Crippen LogP contribution in [0.15, 0.2) is 11.6 Å². The molecule has 4 aliphatic carbocycles. The summed E-state index contributed by atoms with van der Waals surface area (Å²) in [5, 5.41) is 23.8. The minimum absolute atomic E-state index is 0.215. The van der Waals surface area contributed by atoms with Gasteiger partial charge in [-0.3, -0.25) is 0 Å². The first kappa shape index (κ1) is 27.3. The van der Waals surface area contributed by atoms with E-state index in [4.69, 9.17) is 13.9 Å². The van der Waals surface area contributed by atoms with Crippen molar-refractivity contribution >= 4 is 8.32 Å². The van der Waals surface area contributed by atoms with Crippen molar-refractivity contribution in [2.75, 3.05) is 13.2 Å². The van der Waals surface area contributed by atoms with Gasteiger partial charge in [-0.05, 0) is 86.2 Å². The summed E-state index contributed by atoms with van der Waals surface area (Å²) in [7, 11) is -1.78. The zero-order valence-electron chi connectivity index (χ0n) is 24.1. The first-order valence-electron chi connectivity index (χ1n) is 14.7. The Hall–Kier alpha value is -0.243. The summed E-state index contributed by atoms with van der Waals surface area (Å²) in [4.78, 5) is 0. The van der Waals surface area contributed by atoms with Gasteiger partial charge in [-0.15, -0.1) is 0 Å². The van der Waals surface area contributed by atoms with Gasteiger partial charge >= 0.3 is 0 Å². The van der Waals surface area contributed by atoms with Crippen LogP contribution < -0.4 is 0 Å². The lowest BCUT2D eigenvalue weighted by Crippen LogP contribution is -2.61. The molecule has 5 nitrogen and oxygen atoms in total. The highest BCUT2D eigenvalue weighted by molar-refractivity contribution is 6.74. The monoisotopic (exact) mass is 520 g/mol. The maximum atomic E-state index is 12.2. The maximum Gasteiger partial charge on any atom is 0.192 e. The molecule has 0 bridgehead atoms. The van der Waals surface area contributed by atoms with Crippen molar-refractivity contribution in [2.45, 2.75) is 129 Å². The van der Waals surface area contributed by atoms with Gasteiger partial charge in [0.15, 0.2) is 14.6 Å². The number of rotatable bonds is 4. The molecule has 2 N–H and O–H groups in total. The Morgan fingerprint density at radius 2 is 1.75 bits per heavy atom. The first-order valence-corrected chi connectivity index (χ1v) is 17.6. The van der Waals surface area contributed by atoms with Crippen LogP contribution in [0.5, 0.6) is 0 Å². The largest absolute Gasteiger partial charge is 0.414 e. The van der Waals surface area contributed by atoms with E-state index in [1.165, 1.54) is 6.42 Å². The highest BCUT2D eigenvalue weighted by atomic mass is 28.4. The van der Waals surface area contributed by atoms with Gasteiger partial charge in [0.1, 0.15) is 5.60 Å². The fourth-order valence-corrected chi connectivity index (χ4v) is 10.5. The van der Waals surface area contributed by atoms with Crippen LogP contribution in [0.2, 0.25) is 18.1 Å². The van der Waals surface area contributed by atoms with Gasteiger partial charge in [0.05, 0.1) is 19.3 Å². The molecule has 0 aromatic heterocycles. The molecule has 0 spiro atoms. The fourth-order valence-electron chi connectivity index (χ4n) is 9.07. The molecule has 1 aliphatic heterocycles.